The second-order valence-corrected chi connectivity index (χ2v) is 21.9. The summed E-state index contributed by atoms with van der Waals surface area (Å²) in [6.45, 7) is 4.79. The highest BCUT2D eigenvalue weighted by Gasteiger charge is 2.52. The number of fused-ring (bicyclic) bond motifs is 6. The maximum Gasteiger partial charge on any atom is 0.0714 e. The molecule has 0 heterocycles. The van der Waals surface area contributed by atoms with Crippen LogP contribution in [-0.4, -0.2) is 0 Å². The second-order valence-electron chi connectivity index (χ2n) is 21.9. The van der Waals surface area contributed by atoms with Crippen molar-refractivity contribution in [3.63, 3.8) is 0 Å². The Hall–Kier alpha value is -7.22. The number of anilines is 3. The van der Waals surface area contributed by atoms with E-state index >= 15 is 0 Å². The van der Waals surface area contributed by atoms with Crippen LogP contribution in [0.15, 0.2) is 218 Å². The molecule has 1 nitrogen and oxygen atoms in total. The minimum Gasteiger partial charge on any atom is -0.310 e. The lowest BCUT2D eigenvalue weighted by Gasteiger charge is -2.57. The van der Waals surface area contributed by atoms with E-state index in [0.29, 0.717) is 5.41 Å². The molecule has 4 fully saturated rings. The van der Waals surface area contributed by atoms with Crippen LogP contribution in [0.2, 0.25) is 0 Å². The number of nitrogens with zero attached hydrogens (tertiary/aromatic N) is 1. The molecular formula is C68H57N. The van der Waals surface area contributed by atoms with E-state index < -0.39 is 5.41 Å². The fraction of sp³-hybridized carbons (Fsp3) is 0.206. The summed E-state index contributed by atoms with van der Waals surface area (Å²) >= 11 is 0. The number of hydrogen-bond acceptors (Lipinski definition) is 1. The van der Waals surface area contributed by atoms with E-state index in [4.69, 9.17) is 0 Å². The maximum atomic E-state index is 2.56. The van der Waals surface area contributed by atoms with E-state index in [1.54, 1.807) is 5.56 Å². The molecule has 6 aliphatic carbocycles. The van der Waals surface area contributed by atoms with E-state index in [9.17, 15) is 0 Å². The summed E-state index contributed by atoms with van der Waals surface area (Å²) in [5.41, 5.74) is 22.8. The van der Waals surface area contributed by atoms with Crippen molar-refractivity contribution in [2.24, 2.45) is 17.8 Å². The Labute approximate surface area is 408 Å². The van der Waals surface area contributed by atoms with Gasteiger partial charge in [-0.2, -0.15) is 0 Å². The van der Waals surface area contributed by atoms with Crippen molar-refractivity contribution < 1.29 is 0 Å². The topological polar surface area (TPSA) is 3.24 Å². The normalized spacial score (nSPS) is 21.6. The molecule has 0 radical (unpaired) electrons. The third kappa shape index (κ3) is 6.15. The van der Waals surface area contributed by atoms with Gasteiger partial charge in [0.25, 0.3) is 0 Å². The molecule has 4 bridgehead atoms. The van der Waals surface area contributed by atoms with Gasteiger partial charge in [0.1, 0.15) is 0 Å². The lowest BCUT2D eigenvalue weighted by molar-refractivity contribution is -0.00518. The first kappa shape index (κ1) is 40.8. The number of benzene rings is 9. The van der Waals surface area contributed by atoms with Gasteiger partial charge in [-0.25, -0.2) is 0 Å². The summed E-state index contributed by atoms with van der Waals surface area (Å²) in [6.07, 6.45) is 8.58. The van der Waals surface area contributed by atoms with E-state index in [1.807, 2.05) is 0 Å². The molecule has 0 saturated heterocycles. The van der Waals surface area contributed by atoms with Gasteiger partial charge in [-0.05, 0) is 176 Å². The molecule has 6 aliphatic rings. The molecular weight excluding hydrogens is 831 g/mol. The molecule has 15 rings (SSSR count). The Balaban J connectivity index is 0.975. The smallest absolute Gasteiger partial charge is 0.0714 e. The average Bonchev–Trinajstić information content (AvgIpc) is 3.82. The third-order valence-electron chi connectivity index (χ3n) is 17.7. The zero-order chi connectivity index (χ0) is 45.9. The van der Waals surface area contributed by atoms with Crippen LogP contribution in [0.4, 0.5) is 17.1 Å². The number of rotatable bonds is 8. The van der Waals surface area contributed by atoms with Gasteiger partial charge >= 0.3 is 0 Å². The van der Waals surface area contributed by atoms with Crippen molar-refractivity contribution in [1.29, 1.82) is 0 Å². The van der Waals surface area contributed by atoms with Gasteiger partial charge in [-0.3, -0.25) is 0 Å². The molecule has 0 aromatic heterocycles. The molecule has 69 heavy (non-hydrogen) atoms. The molecule has 334 valence electrons. The summed E-state index contributed by atoms with van der Waals surface area (Å²) in [6, 6.07) is 83.2. The van der Waals surface area contributed by atoms with Crippen LogP contribution in [0, 0.1) is 17.8 Å². The summed E-state index contributed by atoms with van der Waals surface area (Å²) in [5.74, 6) is 2.79. The van der Waals surface area contributed by atoms with Crippen molar-refractivity contribution in [3.05, 3.63) is 257 Å². The highest BCUT2D eigenvalue weighted by Crippen LogP contribution is 2.62. The molecule has 0 N–H and O–H groups in total. The monoisotopic (exact) mass is 887 g/mol. The van der Waals surface area contributed by atoms with Gasteiger partial charge < -0.3 is 4.90 Å². The fourth-order valence-electron chi connectivity index (χ4n) is 15.1. The molecule has 0 amide bonds. The Morgan fingerprint density at radius 1 is 0.348 bits per heavy atom. The zero-order valence-electron chi connectivity index (χ0n) is 39.7. The fourth-order valence-corrected chi connectivity index (χ4v) is 15.1. The van der Waals surface area contributed by atoms with Crippen LogP contribution in [0.25, 0.3) is 44.5 Å². The highest BCUT2D eigenvalue weighted by molar-refractivity contribution is 5.95. The average molecular weight is 888 g/mol. The number of hydrogen-bond donors (Lipinski definition) is 0. The van der Waals surface area contributed by atoms with Gasteiger partial charge in [0.2, 0.25) is 0 Å². The van der Waals surface area contributed by atoms with Crippen LogP contribution < -0.4 is 4.90 Å². The molecule has 0 spiro atoms. The predicted octanol–water partition coefficient (Wildman–Crippen LogP) is 17.6. The minimum atomic E-state index is -0.522. The molecule has 9 aromatic rings. The maximum absolute atomic E-state index is 2.56. The van der Waals surface area contributed by atoms with E-state index in [2.05, 4.69) is 237 Å². The van der Waals surface area contributed by atoms with Crippen molar-refractivity contribution in [2.45, 2.75) is 68.6 Å². The highest BCUT2D eigenvalue weighted by atomic mass is 15.1. The van der Waals surface area contributed by atoms with Crippen LogP contribution in [0.3, 0.4) is 0 Å². The first-order valence-electron chi connectivity index (χ1n) is 25.6. The lowest BCUT2D eigenvalue weighted by Crippen LogP contribution is -2.48. The molecule has 4 saturated carbocycles. The van der Waals surface area contributed by atoms with Gasteiger partial charge in [0, 0.05) is 22.4 Å². The predicted molar refractivity (Wildman–Crippen MR) is 287 cm³/mol. The van der Waals surface area contributed by atoms with Crippen molar-refractivity contribution in [1.82, 2.24) is 0 Å². The van der Waals surface area contributed by atoms with Crippen molar-refractivity contribution in [3.8, 4) is 44.5 Å². The van der Waals surface area contributed by atoms with Crippen LogP contribution >= 0.6 is 0 Å². The Morgan fingerprint density at radius 2 is 0.826 bits per heavy atom. The Kier molecular flexibility index (Phi) is 9.11. The summed E-state index contributed by atoms with van der Waals surface area (Å²) in [5, 5.41) is 0. The van der Waals surface area contributed by atoms with Crippen molar-refractivity contribution >= 4 is 17.1 Å². The largest absolute Gasteiger partial charge is 0.310 e. The molecule has 0 aliphatic heterocycles. The molecule has 9 aromatic carbocycles. The zero-order valence-corrected chi connectivity index (χ0v) is 39.7. The summed E-state index contributed by atoms with van der Waals surface area (Å²) < 4.78 is 0. The quantitative estimate of drug-likeness (QED) is 0.147. The van der Waals surface area contributed by atoms with Gasteiger partial charge in [-0.1, -0.05) is 196 Å². The SMILES string of the molecule is CC1(C)c2ccccc2-c2ccc(N(c3ccc4c(c3)C(c3ccccc3)(c3ccccc3)c3ccccc3-4)c3ccc(-c4ccc(C56CC7CC(CC(C7)C5)C6)cc4)cc3-c3ccccc3)cc21. The van der Waals surface area contributed by atoms with Gasteiger partial charge in [0.05, 0.1) is 11.1 Å². The Morgan fingerprint density at radius 3 is 1.43 bits per heavy atom. The first-order chi connectivity index (χ1) is 33.9. The van der Waals surface area contributed by atoms with E-state index in [0.717, 1.165) is 34.8 Å². The van der Waals surface area contributed by atoms with Gasteiger partial charge in [-0.15, -0.1) is 0 Å². The van der Waals surface area contributed by atoms with Crippen LogP contribution in [0.5, 0.6) is 0 Å². The van der Waals surface area contributed by atoms with Gasteiger partial charge in [0.15, 0.2) is 0 Å². The van der Waals surface area contributed by atoms with Crippen LogP contribution in [-0.2, 0) is 16.2 Å². The minimum absolute atomic E-state index is 0.155. The van der Waals surface area contributed by atoms with E-state index in [1.165, 1.54) is 116 Å². The van der Waals surface area contributed by atoms with Crippen molar-refractivity contribution in [2.75, 3.05) is 4.90 Å². The summed E-state index contributed by atoms with van der Waals surface area (Å²) in [7, 11) is 0. The third-order valence-corrected chi connectivity index (χ3v) is 17.7. The molecule has 0 unspecified atom stereocenters. The van der Waals surface area contributed by atoms with Crippen LogP contribution in [0.1, 0.15) is 91.3 Å². The Bertz CT molecular complexity index is 3360. The van der Waals surface area contributed by atoms with E-state index in [-0.39, 0.29) is 5.41 Å². The standard InChI is InChI=1S/C68H57N/c1-66(2)61-24-14-12-22-56(61)58-33-31-54(40-63(58)66)69(55-32-34-59-57-23-13-15-25-62(57)68(64(59)41-55,52-18-8-4-9-19-52)53-20-10-5-11-21-53)65-35-28-50(39-60(65)49-16-6-3-7-17-49)48-26-29-51(30-27-48)67-42-45-36-46(43-67)38-47(37-45)44-67/h3-35,39-41,45-47H,36-38,42-44H2,1-2H3. The molecule has 1 heteroatoms. The lowest BCUT2D eigenvalue weighted by atomic mass is 9.48. The first-order valence-corrected chi connectivity index (χ1v) is 25.6. The molecule has 0 atom stereocenters. The summed E-state index contributed by atoms with van der Waals surface area (Å²) in [4.78, 5) is 2.56. The second kappa shape index (κ2) is 15.4.